The zero-order chi connectivity index (χ0) is 15.8. The Bertz CT molecular complexity index is 455. The van der Waals surface area contributed by atoms with Gasteiger partial charge in [-0.15, -0.1) is 0 Å². The van der Waals surface area contributed by atoms with E-state index in [1.54, 1.807) is 0 Å². The summed E-state index contributed by atoms with van der Waals surface area (Å²) in [5, 5.41) is 3.54. The zero-order valence-electron chi connectivity index (χ0n) is 13.8. The van der Waals surface area contributed by atoms with Gasteiger partial charge in [-0.1, -0.05) is 37.7 Å². The quantitative estimate of drug-likeness (QED) is 0.685. The fourth-order valence-electron chi connectivity index (χ4n) is 2.49. The second-order valence-corrected chi connectivity index (χ2v) is 6.07. The molecule has 0 spiro atoms. The number of benzene rings is 1. The Labute approximate surface area is 134 Å². The minimum absolute atomic E-state index is 0.413. The van der Waals surface area contributed by atoms with Crippen LogP contribution >= 0.6 is 12.2 Å². The van der Waals surface area contributed by atoms with Crippen LogP contribution in [0.4, 0.5) is 5.69 Å². The molecule has 118 valence electrons. The van der Waals surface area contributed by atoms with Crippen molar-refractivity contribution < 1.29 is 0 Å². The maximum atomic E-state index is 5.82. The Morgan fingerprint density at radius 3 is 2.57 bits per heavy atom. The lowest BCUT2D eigenvalue weighted by Crippen LogP contribution is -2.26. The van der Waals surface area contributed by atoms with Crippen LogP contribution in [0.25, 0.3) is 0 Å². The first kappa shape index (κ1) is 17.9. The second-order valence-electron chi connectivity index (χ2n) is 5.63. The molecular formula is C17H29N3S. The van der Waals surface area contributed by atoms with Crippen LogP contribution in [-0.4, -0.2) is 35.6 Å². The third kappa shape index (κ3) is 6.02. The number of hydrogen-bond donors (Lipinski definition) is 2. The van der Waals surface area contributed by atoms with Crippen molar-refractivity contribution in [3.63, 3.8) is 0 Å². The molecule has 0 fully saturated rings. The molecule has 1 atom stereocenters. The highest BCUT2D eigenvalue weighted by atomic mass is 32.1. The number of nitrogens with zero attached hydrogens (tertiary/aromatic N) is 1. The summed E-state index contributed by atoms with van der Waals surface area (Å²) in [5.41, 5.74) is 8.99. The van der Waals surface area contributed by atoms with E-state index in [9.17, 15) is 0 Å². The number of thiocarbonyl (C=S) groups is 1. The van der Waals surface area contributed by atoms with Crippen molar-refractivity contribution in [1.82, 2.24) is 4.90 Å². The van der Waals surface area contributed by atoms with E-state index in [1.165, 1.54) is 12.0 Å². The largest absolute Gasteiger partial charge is 0.389 e. The van der Waals surface area contributed by atoms with E-state index in [4.69, 9.17) is 18.0 Å². The SMILES string of the molecule is CCN(CC)CCCC(C)Nc1ccc(C)cc1C(N)=S. The van der Waals surface area contributed by atoms with Gasteiger partial charge in [0.2, 0.25) is 0 Å². The first-order valence-electron chi connectivity index (χ1n) is 7.87. The monoisotopic (exact) mass is 307 g/mol. The van der Waals surface area contributed by atoms with Gasteiger partial charge in [0.15, 0.2) is 0 Å². The molecule has 0 aliphatic heterocycles. The van der Waals surface area contributed by atoms with Crippen LogP contribution in [0.15, 0.2) is 18.2 Å². The number of hydrogen-bond acceptors (Lipinski definition) is 3. The summed E-state index contributed by atoms with van der Waals surface area (Å²) in [5.74, 6) is 0. The summed E-state index contributed by atoms with van der Waals surface area (Å²) < 4.78 is 0. The molecule has 0 aliphatic rings. The normalized spacial score (nSPS) is 12.4. The average Bonchev–Trinajstić information content (AvgIpc) is 2.45. The number of aryl methyl sites for hydroxylation is 1. The molecule has 0 radical (unpaired) electrons. The number of anilines is 1. The van der Waals surface area contributed by atoms with Crippen LogP contribution in [0.5, 0.6) is 0 Å². The molecule has 1 unspecified atom stereocenters. The summed E-state index contributed by atoms with van der Waals surface area (Å²) in [6.07, 6.45) is 2.34. The van der Waals surface area contributed by atoms with Gasteiger partial charge in [0.05, 0.1) is 0 Å². The van der Waals surface area contributed by atoms with Crippen molar-refractivity contribution in [2.75, 3.05) is 25.0 Å². The van der Waals surface area contributed by atoms with E-state index in [1.807, 2.05) is 6.07 Å². The lowest BCUT2D eigenvalue weighted by atomic mass is 10.1. The lowest BCUT2D eigenvalue weighted by molar-refractivity contribution is 0.295. The molecule has 0 heterocycles. The maximum absolute atomic E-state index is 5.82. The van der Waals surface area contributed by atoms with Gasteiger partial charge in [-0.3, -0.25) is 0 Å². The van der Waals surface area contributed by atoms with E-state index in [0.717, 1.165) is 37.3 Å². The third-order valence-corrected chi connectivity index (χ3v) is 4.07. The number of rotatable bonds is 9. The van der Waals surface area contributed by atoms with Crippen molar-refractivity contribution in [2.24, 2.45) is 5.73 Å². The van der Waals surface area contributed by atoms with E-state index < -0.39 is 0 Å². The van der Waals surface area contributed by atoms with Crippen LogP contribution in [0.3, 0.4) is 0 Å². The highest BCUT2D eigenvalue weighted by molar-refractivity contribution is 7.80. The van der Waals surface area contributed by atoms with Gasteiger partial charge in [0.25, 0.3) is 0 Å². The molecule has 0 saturated heterocycles. The Hall–Kier alpha value is -1.13. The maximum Gasteiger partial charge on any atom is 0.106 e. The standard InChI is InChI=1S/C17H29N3S/c1-5-20(6-2)11-7-8-14(4)19-16-10-9-13(3)12-15(16)17(18)21/h9-10,12,14,19H,5-8,11H2,1-4H3,(H2,18,21). The van der Waals surface area contributed by atoms with E-state index in [-0.39, 0.29) is 0 Å². The molecule has 0 aromatic heterocycles. The van der Waals surface area contributed by atoms with Gasteiger partial charge in [0.1, 0.15) is 4.99 Å². The van der Waals surface area contributed by atoms with Crippen molar-refractivity contribution >= 4 is 22.9 Å². The predicted molar refractivity (Wildman–Crippen MR) is 97.2 cm³/mol. The summed E-state index contributed by atoms with van der Waals surface area (Å²) in [6.45, 7) is 12.1. The van der Waals surface area contributed by atoms with E-state index in [0.29, 0.717) is 11.0 Å². The zero-order valence-corrected chi connectivity index (χ0v) is 14.6. The van der Waals surface area contributed by atoms with Crippen molar-refractivity contribution in [3.8, 4) is 0 Å². The number of nitrogens with one attached hydrogen (secondary N) is 1. The molecule has 1 aromatic carbocycles. The van der Waals surface area contributed by atoms with E-state index in [2.05, 4.69) is 50.0 Å². The van der Waals surface area contributed by atoms with Crippen LogP contribution in [0.1, 0.15) is 44.7 Å². The fraction of sp³-hybridized carbons (Fsp3) is 0.588. The minimum atomic E-state index is 0.413. The Morgan fingerprint density at radius 2 is 2.00 bits per heavy atom. The topological polar surface area (TPSA) is 41.3 Å². The molecule has 4 heteroatoms. The summed E-state index contributed by atoms with van der Waals surface area (Å²) in [7, 11) is 0. The third-order valence-electron chi connectivity index (χ3n) is 3.85. The summed E-state index contributed by atoms with van der Waals surface area (Å²) in [6, 6.07) is 6.63. The lowest BCUT2D eigenvalue weighted by Gasteiger charge is -2.21. The highest BCUT2D eigenvalue weighted by Crippen LogP contribution is 2.19. The van der Waals surface area contributed by atoms with Gasteiger partial charge in [-0.05, 0) is 58.5 Å². The van der Waals surface area contributed by atoms with Crippen molar-refractivity contribution in [1.29, 1.82) is 0 Å². The van der Waals surface area contributed by atoms with Gasteiger partial charge >= 0.3 is 0 Å². The van der Waals surface area contributed by atoms with Crippen LogP contribution < -0.4 is 11.1 Å². The Kier molecular flexibility index (Phi) is 7.68. The Balaban J connectivity index is 2.55. The van der Waals surface area contributed by atoms with Gasteiger partial charge in [0, 0.05) is 17.3 Å². The summed E-state index contributed by atoms with van der Waals surface area (Å²) in [4.78, 5) is 2.91. The second kappa shape index (κ2) is 9.00. The smallest absolute Gasteiger partial charge is 0.106 e. The van der Waals surface area contributed by atoms with Crippen molar-refractivity contribution in [3.05, 3.63) is 29.3 Å². The van der Waals surface area contributed by atoms with Crippen molar-refractivity contribution in [2.45, 2.75) is 46.6 Å². The first-order chi connectivity index (χ1) is 9.97. The molecule has 3 nitrogen and oxygen atoms in total. The average molecular weight is 308 g/mol. The minimum Gasteiger partial charge on any atom is -0.389 e. The van der Waals surface area contributed by atoms with Gasteiger partial charge < -0.3 is 16.0 Å². The van der Waals surface area contributed by atoms with Crippen LogP contribution in [0.2, 0.25) is 0 Å². The molecular weight excluding hydrogens is 278 g/mol. The molecule has 1 rings (SSSR count). The molecule has 1 aromatic rings. The Morgan fingerprint density at radius 1 is 1.33 bits per heavy atom. The van der Waals surface area contributed by atoms with Crippen LogP contribution in [-0.2, 0) is 0 Å². The van der Waals surface area contributed by atoms with E-state index >= 15 is 0 Å². The first-order valence-corrected chi connectivity index (χ1v) is 8.28. The molecule has 0 bridgehead atoms. The molecule has 0 aliphatic carbocycles. The molecule has 3 N–H and O–H groups in total. The molecule has 21 heavy (non-hydrogen) atoms. The highest BCUT2D eigenvalue weighted by Gasteiger charge is 2.09. The summed E-state index contributed by atoms with van der Waals surface area (Å²) >= 11 is 5.15. The molecule has 0 saturated carbocycles. The van der Waals surface area contributed by atoms with Gasteiger partial charge in [-0.2, -0.15) is 0 Å². The predicted octanol–water partition coefficient (Wildman–Crippen LogP) is 3.55. The number of nitrogens with two attached hydrogens (primary N) is 1. The van der Waals surface area contributed by atoms with Crippen LogP contribution in [0, 0.1) is 6.92 Å². The fourth-order valence-corrected chi connectivity index (χ4v) is 2.66. The molecule has 0 amide bonds. The van der Waals surface area contributed by atoms with Gasteiger partial charge in [-0.25, -0.2) is 0 Å².